The number of hydrogen-bond donors (Lipinski definition) is 4. The van der Waals surface area contributed by atoms with E-state index in [2.05, 4.69) is 25.6 Å². The maximum absolute atomic E-state index is 13.1. The number of carbonyl (C=O) groups is 4. The largest absolute Gasteiger partial charge is 0.467 e. The van der Waals surface area contributed by atoms with Gasteiger partial charge in [0.1, 0.15) is 6.04 Å². The van der Waals surface area contributed by atoms with Crippen molar-refractivity contribution in [1.29, 1.82) is 0 Å². The Balaban J connectivity index is 1.54. The standard InChI is InChI=1S/C23H22Cl2N6O5/c1-36-22(34)17(9-27-23(26)35)29-20(32)18-15(24)6-13-10-31(5-4-14(13)19(18)25)21(33)11-2-3-12-8-28-30-16(12)7-11/h2-3,6-8,17H,4-5,9-10H2,1H3,(H,28,30)(H,29,32)(H3,26,27,35)/t17-/m0/s1. The lowest BCUT2D eigenvalue weighted by Crippen LogP contribution is -2.50. The van der Waals surface area contributed by atoms with Crippen molar-refractivity contribution in [2.24, 2.45) is 5.73 Å². The van der Waals surface area contributed by atoms with Crippen LogP contribution in [0.2, 0.25) is 10.0 Å². The number of aromatic nitrogens is 2. The average molecular weight is 533 g/mol. The highest BCUT2D eigenvalue weighted by molar-refractivity contribution is 6.40. The third kappa shape index (κ3) is 5.07. The number of methoxy groups -OCH3 is 1. The van der Waals surface area contributed by atoms with Gasteiger partial charge in [0.25, 0.3) is 11.8 Å². The van der Waals surface area contributed by atoms with E-state index in [4.69, 9.17) is 28.9 Å². The van der Waals surface area contributed by atoms with Crippen LogP contribution in [0, 0.1) is 0 Å². The molecule has 1 aliphatic heterocycles. The summed E-state index contributed by atoms with van der Waals surface area (Å²) in [5.74, 6) is -1.67. The predicted octanol–water partition coefficient (Wildman–Crippen LogP) is 2.01. The van der Waals surface area contributed by atoms with Gasteiger partial charge in [0.15, 0.2) is 0 Å². The first-order valence-electron chi connectivity index (χ1n) is 10.8. The molecule has 11 nitrogen and oxygen atoms in total. The number of H-pyrrole nitrogens is 1. The van der Waals surface area contributed by atoms with E-state index < -0.39 is 23.9 Å². The Morgan fingerprint density at radius 3 is 2.75 bits per heavy atom. The molecule has 5 N–H and O–H groups in total. The summed E-state index contributed by atoms with van der Waals surface area (Å²) in [4.78, 5) is 50.8. The van der Waals surface area contributed by atoms with Gasteiger partial charge in [-0.15, -0.1) is 0 Å². The molecule has 0 fully saturated rings. The van der Waals surface area contributed by atoms with Gasteiger partial charge in [0.05, 0.1) is 41.0 Å². The third-order valence-corrected chi connectivity index (χ3v) is 6.59. The van der Waals surface area contributed by atoms with Gasteiger partial charge in [-0.25, -0.2) is 9.59 Å². The monoisotopic (exact) mass is 532 g/mol. The molecule has 3 aromatic rings. The van der Waals surface area contributed by atoms with Crippen molar-refractivity contribution in [2.45, 2.75) is 19.0 Å². The minimum atomic E-state index is -1.21. The fourth-order valence-corrected chi connectivity index (χ4v) is 4.82. The van der Waals surface area contributed by atoms with Crippen LogP contribution in [0.1, 0.15) is 31.8 Å². The summed E-state index contributed by atoms with van der Waals surface area (Å²) in [7, 11) is 1.14. The number of aromatic amines is 1. The molecule has 4 amide bonds. The number of primary amides is 1. The quantitative estimate of drug-likeness (QED) is 0.355. The zero-order valence-corrected chi connectivity index (χ0v) is 20.6. The SMILES string of the molecule is COC(=O)[C@H](CNC(N)=O)NC(=O)c1c(Cl)cc2c(c1Cl)CCN(C(=O)c1ccc3cn[nH]c3c1)C2. The molecule has 1 aliphatic rings. The van der Waals surface area contributed by atoms with Crippen LogP contribution in [0.3, 0.4) is 0 Å². The molecule has 0 bridgehead atoms. The molecule has 1 aromatic heterocycles. The zero-order chi connectivity index (χ0) is 26.0. The van der Waals surface area contributed by atoms with Crippen LogP contribution >= 0.6 is 23.2 Å². The maximum Gasteiger partial charge on any atom is 0.330 e. The number of hydrogen-bond acceptors (Lipinski definition) is 6. The number of esters is 1. The first kappa shape index (κ1) is 25.3. The molecule has 1 atom stereocenters. The fourth-order valence-electron chi connectivity index (χ4n) is 4.05. The van der Waals surface area contributed by atoms with Gasteiger partial charge in [0.2, 0.25) is 0 Å². The van der Waals surface area contributed by atoms with Crippen LogP contribution in [0.4, 0.5) is 4.79 Å². The highest BCUT2D eigenvalue weighted by Crippen LogP contribution is 2.35. The van der Waals surface area contributed by atoms with Crippen LogP contribution in [0.15, 0.2) is 30.5 Å². The van der Waals surface area contributed by atoms with Crippen LogP contribution < -0.4 is 16.4 Å². The third-order valence-electron chi connectivity index (χ3n) is 5.88. The lowest BCUT2D eigenvalue weighted by Gasteiger charge is -2.30. The Bertz CT molecular complexity index is 1370. The molecule has 4 rings (SSSR count). The van der Waals surface area contributed by atoms with Gasteiger partial charge in [-0.1, -0.05) is 29.3 Å². The van der Waals surface area contributed by atoms with Crippen LogP contribution in [0.25, 0.3) is 10.9 Å². The molecule has 13 heteroatoms. The molecule has 0 aliphatic carbocycles. The van der Waals surface area contributed by atoms with Crippen molar-refractivity contribution in [3.05, 3.63) is 62.8 Å². The molecule has 188 valence electrons. The van der Waals surface area contributed by atoms with Crippen molar-refractivity contribution >= 4 is 57.9 Å². The predicted molar refractivity (Wildman–Crippen MR) is 132 cm³/mol. The minimum Gasteiger partial charge on any atom is -0.467 e. The van der Waals surface area contributed by atoms with E-state index in [1.165, 1.54) is 0 Å². The second-order valence-corrected chi connectivity index (χ2v) is 8.91. The van der Waals surface area contributed by atoms with Crippen molar-refractivity contribution in [2.75, 3.05) is 20.2 Å². The number of fused-ring (bicyclic) bond motifs is 2. The van der Waals surface area contributed by atoms with Crippen LogP contribution in [-0.2, 0) is 22.5 Å². The lowest BCUT2D eigenvalue weighted by molar-refractivity contribution is -0.142. The number of carbonyl (C=O) groups excluding carboxylic acids is 4. The van der Waals surface area contributed by atoms with E-state index in [1.807, 2.05) is 6.07 Å². The Morgan fingerprint density at radius 2 is 2.03 bits per heavy atom. The molecular formula is C23H22Cl2N6O5. The zero-order valence-electron chi connectivity index (χ0n) is 19.1. The number of nitrogens with one attached hydrogen (secondary N) is 3. The molecule has 2 aromatic carbocycles. The Hall–Kier alpha value is -3.83. The van der Waals surface area contributed by atoms with Gasteiger partial charge >= 0.3 is 12.0 Å². The smallest absolute Gasteiger partial charge is 0.330 e. The van der Waals surface area contributed by atoms with E-state index >= 15 is 0 Å². The molecular weight excluding hydrogens is 511 g/mol. The highest BCUT2D eigenvalue weighted by atomic mass is 35.5. The van der Waals surface area contributed by atoms with Crippen molar-refractivity contribution in [1.82, 2.24) is 25.7 Å². The number of urea groups is 1. The molecule has 0 spiro atoms. The van der Waals surface area contributed by atoms with E-state index in [0.717, 1.165) is 18.0 Å². The Kier molecular flexibility index (Phi) is 7.32. The number of rotatable bonds is 6. The highest BCUT2D eigenvalue weighted by Gasteiger charge is 2.30. The number of halogens is 2. The van der Waals surface area contributed by atoms with Crippen LogP contribution in [-0.4, -0.2) is 65.2 Å². The van der Waals surface area contributed by atoms with E-state index in [1.54, 1.807) is 29.3 Å². The summed E-state index contributed by atoms with van der Waals surface area (Å²) in [5, 5.41) is 12.6. The molecule has 0 radical (unpaired) electrons. The van der Waals surface area contributed by atoms with Crippen molar-refractivity contribution < 1.29 is 23.9 Å². The summed E-state index contributed by atoms with van der Waals surface area (Å²) in [6.45, 7) is 0.349. The molecule has 2 heterocycles. The summed E-state index contributed by atoms with van der Waals surface area (Å²) in [6, 6.07) is 4.82. The Morgan fingerprint density at radius 1 is 1.25 bits per heavy atom. The molecule has 0 unspecified atom stereocenters. The fraction of sp³-hybridized carbons (Fsp3) is 0.261. The van der Waals surface area contributed by atoms with Gasteiger partial charge in [-0.2, -0.15) is 5.10 Å². The van der Waals surface area contributed by atoms with Gasteiger partial charge in [0, 0.05) is 24.0 Å². The molecule has 0 saturated carbocycles. The first-order valence-corrected chi connectivity index (χ1v) is 11.6. The second kappa shape index (κ2) is 10.4. The van der Waals surface area contributed by atoms with Gasteiger partial charge in [-0.3, -0.25) is 14.7 Å². The molecule has 36 heavy (non-hydrogen) atoms. The maximum atomic E-state index is 13.1. The van der Waals surface area contributed by atoms with E-state index in [9.17, 15) is 19.2 Å². The summed E-state index contributed by atoms with van der Waals surface area (Å²) >= 11 is 13.0. The van der Waals surface area contributed by atoms with Gasteiger partial charge < -0.3 is 26.0 Å². The molecule has 0 saturated heterocycles. The van der Waals surface area contributed by atoms with Gasteiger partial charge in [-0.05, 0) is 35.7 Å². The van der Waals surface area contributed by atoms with E-state index in [-0.39, 0.29) is 34.6 Å². The number of nitrogens with two attached hydrogens (primary N) is 1. The van der Waals surface area contributed by atoms with Crippen molar-refractivity contribution in [3.63, 3.8) is 0 Å². The number of nitrogens with zero attached hydrogens (tertiary/aromatic N) is 2. The normalized spacial score (nSPS) is 13.6. The summed E-state index contributed by atoms with van der Waals surface area (Å²) < 4.78 is 4.67. The van der Waals surface area contributed by atoms with Crippen LogP contribution in [0.5, 0.6) is 0 Å². The first-order chi connectivity index (χ1) is 17.2. The summed E-state index contributed by atoms with van der Waals surface area (Å²) in [5.41, 5.74) is 7.70. The summed E-state index contributed by atoms with van der Waals surface area (Å²) in [6.07, 6.45) is 2.08. The lowest BCUT2D eigenvalue weighted by atomic mass is 9.96. The Labute approximate surface area is 215 Å². The minimum absolute atomic E-state index is 0.0189. The topological polar surface area (TPSA) is 160 Å². The van der Waals surface area contributed by atoms with Crippen molar-refractivity contribution in [3.8, 4) is 0 Å². The number of ether oxygens (including phenoxy) is 1. The van der Waals surface area contributed by atoms with E-state index in [0.29, 0.717) is 29.7 Å². The second-order valence-electron chi connectivity index (χ2n) is 8.13. The number of amides is 4. The average Bonchev–Trinajstić information content (AvgIpc) is 3.33. The number of benzene rings is 2.